The Hall–Kier alpha value is -3.70. The molecule has 1 N–H and O–H groups in total. The molecule has 162 valence electrons. The third-order valence-corrected chi connectivity index (χ3v) is 5.75. The predicted molar refractivity (Wildman–Crippen MR) is 124 cm³/mol. The van der Waals surface area contributed by atoms with E-state index < -0.39 is 0 Å². The van der Waals surface area contributed by atoms with Crippen LogP contribution in [0.2, 0.25) is 0 Å². The fraction of sp³-hybridized carbons (Fsp3) is 0.333. The Kier molecular flexibility index (Phi) is 5.33. The van der Waals surface area contributed by atoms with Crippen molar-refractivity contribution in [3.05, 3.63) is 54.7 Å². The molecule has 0 aliphatic carbocycles. The fourth-order valence-electron chi connectivity index (χ4n) is 4.19. The van der Waals surface area contributed by atoms with Crippen LogP contribution in [0.1, 0.15) is 19.4 Å². The Bertz CT molecular complexity index is 1270. The molecule has 5 rings (SSSR count). The molecule has 0 atom stereocenters. The minimum atomic E-state index is 0.519. The summed E-state index contributed by atoms with van der Waals surface area (Å²) in [5.41, 5.74) is 5.26. The number of rotatable bonds is 5. The quantitative estimate of drug-likeness (QED) is 0.527. The lowest BCUT2D eigenvalue weighted by molar-refractivity contribution is 0.483. The van der Waals surface area contributed by atoms with E-state index in [1.807, 2.05) is 23.3 Å². The molecule has 8 heteroatoms. The summed E-state index contributed by atoms with van der Waals surface area (Å²) in [6, 6.07) is 8.53. The minimum absolute atomic E-state index is 0.519. The number of aromatic nitrogens is 5. The van der Waals surface area contributed by atoms with Crippen LogP contribution in [0, 0.1) is 17.2 Å². The Morgan fingerprint density at radius 2 is 1.88 bits per heavy atom. The van der Waals surface area contributed by atoms with Crippen LogP contribution in [0.15, 0.2) is 49.2 Å². The van der Waals surface area contributed by atoms with E-state index in [-0.39, 0.29) is 0 Å². The molecule has 5 heterocycles. The van der Waals surface area contributed by atoms with Gasteiger partial charge in [0.2, 0.25) is 0 Å². The van der Waals surface area contributed by atoms with Crippen molar-refractivity contribution in [2.45, 2.75) is 20.4 Å². The van der Waals surface area contributed by atoms with Gasteiger partial charge in [-0.25, -0.2) is 9.50 Å². The third kappa shape index (κ3) is 3.83. The molecule has 8 nitrogen and oxygen atoms in total. The summed E-state index contributed by atoms with van der Waals surface area (Å²) in [4.78, 5) is 7.02. The second-order valence-corrected chi connectivity index (χ2v) is 8.59. The number of piperazine rings is 1. The molecule has 1 saturated heterocycles. The van der Waals surface area contributed by atoms with Crippen LogP contribution in [0.5, 0.6) is 0 Å². The van der Waals surface area contributed by atoms with E-state index in [1.54, 1.807) is 10.7 Å². The summed E-state index contributed by atoms with van der Waals surface area (Å²) in [6.07, 6.45) is 9.41. The largest absolute Gasteiger partial charge is 0.354 e. The first-order valence-corrected chi connectivity index (χ1v) is 11.0. The van der Waals surface area contributed by atoms with E-state index in [2.05, 4.69) is 64.7 Å². The van der Waals surface area contributed by atoms with Crippen LogP contribution in [-0.4, -0.2) is 50.6 Å². The fourth-order valence-corrected chi connectivity index (χ4v) is 4.19. The maximum Gasteiger partial charge on any atom is 0.128 e. The number of anilines is 1. The van der Waals surface area contributed by atoms with Crippen LogP contribution in [0.4, 0.5) is 5.82 Å². The van der Waals surface area contributed by atoms with Crippen molar-refractivity contribution in [3.8, 4) is 28.3 Å². The molecule has 0 radical (unpaired) electrons. The van der Waals surface area contributed by atoms with Gasteiger partial charge in [0, 0.05) is 73.6 Å². The highest BCUT2D eigenvalue weighted by Crippen LogP contribution is 2.32. The van der Waals surface area contributed by atoms with Gasteiger partial charge in [-0.05, 0) is 24.1 Å². The highest BCUT2D eigenvalue weighted by Gasteiger charge is 2.16. The van der Waals surface area contributed by atoms with E-state index in [0.717, 1.165) is 66.3 Å². The van der Waals surface area contributed by atoms with Crippen molar-refractivity contribution in [1.82, 2.24) is 29.7 Å². The Morgan fingerprint density at radius 3 is 2.59 bits per heavy atom. The lowest BCUT2D eigenvalue weighted by atomic mass is 10.0. The van der Waals surface area contributed by atoms with Gasteiger partial charge >= 0.3 is 0 Å². The zero-order chi connectivity index (χ0) is 22.1. The van der Waals surface area contributed by atoms with Gasteiger partial charge in [-0.3, -0.25) is 4.68 Å². The lowest BCUT2D eigenvalue weighted by Crippen LogP contribution is -2.43. The summed E-state index contributed by atoms with van der Waals surface area (Å²) in [5.74, 6) is 1.50. The normalized spacial score (nSPS) is 14.2. The molecule has 4 aromatic heterocycles. The zero-order valence-corrected chi connectivity index (χ0v) is 18.4. The molecule has 0 saturated carbocycles. The summed E-state index contributed by atoms with van der Waals surface area (Å²) < 4.78 is 3.75. The lowest BCUT2D eigenvalue weighted by Gasteiger charge is -2.28. The first kappa shape index (κ1) is 20.2. The van der Waals surface area contributed by atoms with Gasteiger partial charge in [-0.2, -0.15) is 15.5 Å². The van der Waals surface area contributed by atoms with Crippen LogP contribution in [0.3, 0.4) is 0 Å². The van der Waals surface area contributed by atoms with E-state index in [9.17, 15) is 5.26 Å². The van der Waals surface area contributed by atoms with Crippen molar-refractivity contribution < 1.29 is 0 Å². The van der Waals surface area contributed by atoms with Crippen LogP contribution in [-0.2, 0) is 6.54 Å². The van der Waals surface area contributed by atoms with Gasteiger partial charge in [0.1, 0.15) is 11.9 Å². The molecule has 0 aromatic carbocycles. The average molecular weight is 427 g/mol. The maximum absolute atomic E-state index is 9.64. The molecule has 0 bridgehead atoms. The first-order valence-electron chi connectivity index (χ1n) is 11.0. The minimum Gasteiger partial charge on any atom is -0.354 e. The SMILES string of the molecule is CC(C)Cn1cc(-c2cc(-c3ccc(N4CCNCC4)nc3)c3c(C#N)cnn3c2)cn1. The summed E-state index contributed by atoms with van der Waals surface area (Å²) in [5, 5.41) is 22.0. The standard InChI is InChI=1S/C24H26N8/c1-17(2)14-31-15-21(13-28-31)19-9-22(24-20(10-25)12-29-32(24)16-19)18-3-4-23(27-11-18)30-7-5-26-6-8-30/h3-4,9,11-13,15-17,26H,5-8,14H2,1-2H3. The smallest absolute Gasteiger partial charge is 0.128 e. The first-order chi connectivity index (χ1) is 15.6. The summed E-state index contributed by atoms with van der Waals surface area (Å²) in [7, 11) is 0. The molecule has 0 spiro atoms. The Balaban J connectivity index is 1.57. The van der Waals surface area contributed by atoms with Gasteiger partial charge in [-0.15, -0.1) is 0 Å². The second-order valence-electron chi connectivity index (χ2n) is 8.59. The number of hydrogen-bond donors (Lipinski definition) is 1. The topological polar surface area (TPSA) is 87.1 Å². The van der Waals surface area contributed by atoms with Crippen molar-refractivity contribution in [3.63, 3.8) is 0 Å². The number of hydrogen-bond acceptors (Lipinski definition) is 6. The number of nitriles is 1. The maximum atomic E-state index is 9.64. The number of fused-ring (bicyclic) bond motifs is 1. The van der Waals surface area contributed by atoms with E-state index in [4.69, 9.17) is 4.98 Å². The Morgan fingerprint density at radius 1 is 1.03 bits per heavy atom. The predicted octanol–water partition coefficient (Wildman–Crippen LogP) is 3.20. The third-order valence-electron chi connectivity index (χ3n) is 5.75. The van der Waals surface area contributed by atoms with Gasteiger partial charge in [0.05, 0.1) is 23.5 Å². The molecule has 1 fully saturated rings. The number of nitrogens with one attached hydrogen (secondary N) is 1. The molecule has 1 aliphatic heterocycles. The molecule has 32 heavy (non-hydrogen) atoms. The highest BCUT2D eigenvalue weighted by atomic mass is 15.3. The van der Waals surface area contributed by atoms with Gasteiger partial charge < -0.3 is 10.2 Å². The van der Waals surface area contributed by atoms with Crippen LogP contribution >= 0.6 is 0 Å². The van der Waals surface area contributed by atoms with Crippen LogP contribution in [0.25, 0.3) is 27.8 Å². The van der Waals surface area contributed by atoms with E-state index in [0.29, 0.717) is 11.5 Å². The van der Waals surface area contributed by atoms with E-state index in [1.165, 1.54) is 0 Å². The summed E-state index contributed by atoms with van der Waals surface area (Å²) in [6.45, 7) is 9.06. The molecular formula is C24H26N8. The van der Waals surface area contributed by atoms with Gasteiger partial charge in [0.15, 0.2) is 0 Å². The monoisotopic (exact) mass is 426 g/mol. The van der Waals surface area contributed by atoms with Gasteiger partial charge in [0.25, 0.3) is 0 Å². The number of nitrogens with zero attached hydrogens (tertiary/aromatic N) is 7. The average Bonchev–Trinajstić information content (AvgIpc) is 3.45. The molecule has 0 amide bonds. The second kappa shape index (κ2) is 8.44. The highest BCUT2D eigenvalue weighted by molar-refractivity contribution is 5.87. The molecule has 4 aromatic rings. The van der Waals surface area contributed by atoms with Crippen molar-refractivity contribution in [2.75, 3.05) is 31.1 Å². The zero-order valence-electron chi connectivity index (χ0n) is 18.4. The molecular weight excluding hydrogens is 400 g/mol. The molecule has 0 unspecified atom stereocenters. The number of pyridine rings is 2. The van der Waals surface area contributed by atoms with Crippen molar-refractivity contribution >= 4 is 11.3 Å². The summed E-state index contributed by atoms with van der Waals surface area (Å²) >= 11 is 0. The molecule has 1 aliphatic rings. The Labute approximate surface area is 187 Å². The van der Waals surface area contributed by atoms with Crippen molar-refractivity contribution in [2.24, 2.45) is 5.92 Å². The van der Waals surface area contributed by atoms with E-state index >= 15 is 0 Å². The van der Waals surface area contributed by atoms with Crippen LogP contribution < -0.4 is 10.2 Å². The van der Waals surface area contributed by atoms with Crippen molar-refractivity contribution in [1.29, 1.82) is 5.26 Å². The van der Waals surface area contributed by atoms with Gasteiger partial charge in [-0.1, -0.05) is 13.8 Å².